The molecular formula is C20H27N3O. The first kappa shape index (κ1) is 17.9. The highest BCUT2D eigenvalue weighted by Gasteiger charge is 2.13. The largest absolute Gasteiger partial charge is 0.374 e. The van der Waals surface area contributed by atoms with E-state index in [1.807, 2.05) is 50.2 Å². The number of carbonyl (C=O) groups excluding carboxylic acids is 1. The second-order valence-corrected chi connectivity index (χ2v) is 5.94. The van der Waals surface area contributed by atoms with Gasteiger partial charge in [-0.1, -0.05) is 17.7 Å². The zero-order valence-electron chi connectivity index (χ0n) is 15.0. The van der Waals surface area contributed by atoms with Gasteiger partial charge in [0.1, 0.15) is 6.04 Å². The molecule has 1 unspecified atom stereocenters. The van der Waals surface area contributed by atoms with E-state index in [-0.39, 0.29) is 11.9 Å². The maximum Gasteiger partial charge on any atom is 0.246 e. The van der Waals surface area contributed by atoms with Crippen molar-refractivity contribution in [2.75, 3.05) is 28.6 Å². The summed E-state index contributed by atoms with van der Waals surface area (Å²) in [4.78, 5) is 14.6. The van der Waals surface area contributed by atoms with Crippen LogP contribution >= 0.6 is 0 Å². The topological polar surface area (TPSA) is 44.4 Å². The first-order valence-corrected chi connectivity index (χ1v) is 8.52. The number of hydrogen-bond acceptors (Lipinski definition) is 3. The van der Waals surface area contributed by atoms with Crippen molar-refractivity contribution in [2.24, 2.45) is 0 Å². The maximum atomic E-state index is 12.3. The van der Waals surface area contributed by atoms with E-state index < -0.39 is 0 Å². The molecule has 0 heterocycles. The Kier molecular flexibility index (Phi) is 6.24. The van der Waals surface area contributed by atoms with Crippen molar-refractivity contribution in [2.45, 2.75) is 33.7 Å². The van der Waals surface area contributed by atoms with Gasteiger partial charge in [0.15, 0.2) is 0 Å². The minimum atomic E-state index is -0.314. The third-order valence-electron chi connectivity index (χ3n) is 4.09. The molecule has 0 saturated heterocycles. The lowest BCUT2D eigenvalue weighted by molar-refractivity contribution is -0.116. The Morgan fingerprint density at radius 2 is 1.50 bits per heavy atom. The molecule has 0 bridgehead atoms. The Balaban J connectivity index is 1.94. The van der Waals surface area contributed by atoms with Gasteiger partial charge < -0.3 is 15.5 Å². The number of rotatable bonds is 7. The summed E-state index contributed by atoms with van der Waals surface area (Å²) in [5, 5.41) is 6.17. The molecule has 0 radical (unpaired) electrons. The van der Waals surface area contributed by atoms with E-state index in [1.54, 1.807) is 0 Å². The SMILES string of the molecule is CCN(CC)c1ccc(NC(C)C(=O)Nc2ccc(C)cc2)cc1. The van der Waals surface area contributed by atoms with Crippen molar-refractivity contribution in [3.63, 3.8) is 0 Å². The summed E-state index contributed by atoms with van der Waals surface area (Å²) in [6.07, 6.45) is 0. The van der Waals surface area contributed by atoms with Crippen LogP contribution in [0.25, 0.3) is 0 Å². The number of hydrogen-bond donors (Lipinski definition) is 2. The fourth-order valence-corrected chi connectivity index (χ4v) is 2.56. The highest BCUT2D eigenvalue weighted by molar-refractivity contribution is 5.96. The molecule has 0 fully saturated rings. The average Bonchev–Trinajstić information content (AvgIpc) is 2.59. The highest BCUT2D eigenvalue weighted by atomic mass is 16.2. The zero-order valence-corrected chi connectivity index (χ0v) is 15.0. The fraction of sp³-hybridized carbons (Fsp3) is 0.350. The number of nitrogens with one attached hydrogen (secondary N) is 2. The smallest absolute Gasteiger partial charge is 0.246 e. The average molecular weight is 325 g/mol. The summed E-state index contributed by atoms with van der Waals surface area (Å²) in [7, 11) is 0. The van der Waals surface area contributed by atoms with E-state index in [0.717, 1.165) is 24.5 Å². The molecule has 0 aliphatic heterocycles. The minimum Gasteiger partial charge on any atom is -0.374 e. The summed E-state index contributed by atoms with van der Waals surface area (Å²) in [6, 6.07) is 15.7. The molecule has 0 aliphatic carbocycles. The molecule has 2 aromatic carbocycles. The van der Waals surface area contributed by atoms with Crippen molar-refractivity contribution >= 4 is 23.0 Å². The number of anilines is 3. The highest BCUT2D eigenvalue weighted by Crippen LogP contribution is 2.18. The quantitative estimate of drug-likeness (QED) is 0.798. The third-order valence-corrected chi connectivity index (χ3v) is 4.09. The summed E-state index contributed by atoms with van der Waals surface area (Å²) < 4.78 is 0. The first-order chi connectivity index (χ1) is 11.5. The van der Waals surface area contributed by atoms with Crippen LogP contribution in [0.5, 0.6) is 0 Å². The van der Waals surface area contributed by atoms with E-state index in [4.69, 9.17) is 0 Å². The molecule has 2 aromatic rings. The summed E-state index contributed by atoms with van der Waals surface area (Å²) in [6.45, 7) is 10.1. The van der Waals surface area contributed by atoms with Crippen molar-refractivity contribution in [3.05, 3.63) is 54.1 Å². The number of nitrogens with zero attached hydrogens (tertiary/aromatic N) is 1. The molecule has 1 amide bonds. The van der Waals surface area contributed by atoms with Crippen LogP contribution in [0.3, 0.4) is 0 Å². The summed E-state index contributed by atoms with van der Waals surface area (Å²) in [5.41, 5.74) is 4.13. The molecule has 4 nitrogen and oxygen atoms in total. The second kappa shape index (κ2) is 8.39. The van der Waals surface area contributed by atoms with Crippen LogP contribution in [0.4, 0.5) is 17.1 Å². The van der Waals surface area contributed by atoms with Crippen LogP contribution in [-0.2, 0) is 4.79 Å². The van der Waals surface area contributed by atoms with E-state index in [9.17, 15) is 4.79 Å². The molecule has 1 atom stereocenters. The van der Waals surface area contributed by atoms with Crippen molar-refractivity contribution in [1.82, 2.24) is 0 Å². The normalized spacial score (nSPS) is 11.7. The van der Waals surface area contributed by atoms with E-state index in [1.165, 1.54) is 11.3 Å². The van der Waals surface area contributed by atoms with Crippen LogP contribution in [0.15, 0.2) is 48.5 Å². The van der Waals surface area contributed by atoms with Gasteiger partial charge in [0.2, 0.25) is 5.91 Å². The van der Waals surface area contributed by atoms with Gasteiger partial charge >= 0.3 is 0 Å². The molecule has 0 saturated carbocycles. The van der Waals surface area contributed by atoms with Crippen molar-refractivity contribution in [1.29, 1.82) is 0 Å². The van der Waals surface area contributed by atoms with E-state index in [2.05, 4.69) is 41.5 Å². The van der Waals surface area contributed by atoms with Crippen molar-refractivity contribution < 1.29 is 4.79 Å². The number of amides is 1. The molecule has 24 heavy (non-hydrogen) atoms. The zero-order chi connectivity index (χ0) is 17.5. The maximum absolute atomic E-state index is 12.3. The molecule has 2 N–H and O–H groups in total. The van der Waals surface area contributed by atoms with Gasteiger partial charge in [-0.25, -0.2) is 0 Å². The summed E-state index contributed by atoms with van der Waals surface area (Å²) in [5.74, 6) is -0.0494. The Hall–Kier alpha value is -2.49. The second-order valence-electron chi connectivity index (χ2n) is 5.94. The van der Waals surface area contributed by atoms with E-state index in [0.29, 0.717) is 0 Å². The van der Waals surface area contributed by atoms with Gasteiger partial charge in [-0.2, -0.15) is 0 Å². The minimum absolute atomic E-state index is 0.0494. The lowest BCUT2D eigenvalue weighted by atomic mass is 10.2. The Labute approximate surface area is 144 Å². The molecular weight excluding hydrogens is 298 g/mol. The van der Waals surface area contributed by atoms with Gasteiger partial charge in [-0.15, -0.1) is 0 Å². The fourth-order valence-electron chi connectivity index (χ4n) is 2.56. The van der Waals surface area contributed by atoms with Gasteiger partial charge in [0, 0.05) is 30.2 Å². The Bertz CT molecular complexity index is 646. The summed E-state index contributed by atoms with van der Waals surface area (Å²) >= 11 is 0. The monoisotopic (exact) mass is 325 g/mol. The number of benzene rings is 2. The predicted octanol–water partition coefficient (Wildman–Crippen LogP) is 4.28. The molecule has 0 aliphatic rings. The predicted molar refractivity (Wildman–Crippen MR) is 103 cm³/mol. The Morgan fingerprint density at radius 1 is 0.958 bits per heavy atom. The number of carbonyl (C=O) groups is 1. The molecule has 0 aromatic heterocycles. The molecule has 128 valence electrons. The van der Waals surface area contributed by atoms with Crippen LogP contribution < -0.4 is 15.5 Å². The lowest BCUT2D eigenvalue weighted by Crippen LogP contribution is -2.31. The third kappa shape index (κ3) is 4.75. The first-order valence-electron chi connectivity index (χ1n) is 8.52. The standard InChI is InChI=1S/C20H27N3O/c1-5-23(6-2)19-13-11-17(12-14-19)21-16(4)20(24)22-18-9-7-15(3)8-10-18/h7-14,16,21H,5-6H2,1-4H3,(H,22,24). The van der Waals surface area contributed by atoms with Gasteiger partial charge in [0.25, 0.3) is 0 Å². The molecule has 2 rings (SSSR count). The van der Waals surface area contributed by atoms with Crippen LogP contribution in [0, 0.1) is 6.92 Å². The van der Waals surface area contributed by atoms with Gasteiger partial charge in [-0.05, 0) is 64.1 Å². The van der Waals surface area contributed by atoms with Crippen LogP contribution in [-0.4, -0.2) is 25.0 Å². The van der Waals surface area contributed by atoms with Gasteiger partial charge in [0.05, 0.1) is 0 Å². The van der Waals surface area contributed by atoms with E-state index >= 15 is 0 Å². The number of aryl methyl sites for hydroxylation is 1. The van der Waals surface area contributed by atoms with Gasteiger partial charge in [-0.3, -0.25) is 4.79 Å². The Morgan fingerprint density at radius 3 is 2.04 bits per heavy atom. The lowest BCUT2D eigenvalue weighted by Gasteiger charge is -2.22. The van der Waals surface area contributed by atoms with Crippen LogP contribution in [0.1, 0.15) is 26.3 Å². The molecule has 4 heteroatoms. The molecule has 0 spiro atoms. The van der Waals surface area contributed by atoms with Crippen LogP contribution in [0.2, 0.25) is 0 Å². The van der Waals surface area contributed by atoms with Crippen molar-refractivity contribution in [3.8, 4) is 0 Å².